The van der Waals surface area contributed by atoms with Gasteiger partial charge in [-0.15, -0.1) is 0 Å². The maximum Gasteiger partial charge on any atom is 2.00 e. The van der Waals surface area contributed by atoms with Crippen LogP contribution in [0.5, 0.6) is 34.5 Å². The van der Waals surface area contributed by atoms with Crippen molar-refractivity contribution in [3.05, 3.63) is 96.1 Å². The summed E-state index contributed by atoms with van der Waals surface area (Å²) < 4.78 is 78.0. The first-order valence-electron chi connectivity index (χ1n) is 17.9. The summed E-state index contributed by atoms with van der Waals surface area (Å²) in [5.41, 5.74) is 1.83. The Morgan fingerprint density at radius 3 is 1.49 bits per heavy atom. The summed E-state index contributed by atoms with van der Waals surface area (Å²) in [7, 11) is -9.30. The fourth-order valence-corrected chi connectivity index (χ4v) is 6.88. The van der Waals surface area contributed by atoms with E-state index in [1.807, 2.05) is 24.3 Å². The molecule has 0 aliphatic rings. The summed E-state index contributed by atoms with van der Waals surface area (Å²) in [5.74, 6) is -0.768. The van der Waals surface area contributed by atoms with Crippen LogP contribution >= 0.6 is 0 Å². The molecule has 4 aromatic rings. The van der Waals surface area contributed by atoms with Crippen LogP contribution in [0, 0.1) is 0 Å². The minimum Gasteiger partial charge on any atom is -0.870 e. The summed E-state index contributed by atoms with van der Waals surface area (Å²) in [4.78, 5) is -1.08. The largest absolute Gasteiger partial charge is 2.00 e. The number of para-hydroxylation sites is 4. The number of phenolic OH excluding ortho intramolecular Hbond substituents is 1. The number of phenols is 1. The summed E-state index contributed by atoms with van der Waals surface area (Å²) in [6, 6.07) is 21.9. The second-order valence-corrected chi connectivity index (χ2v) is 15.3. The van der Waals surface area contributed by atoms with Crippen LogP contribution in [0.4, 0.5) is 0 Å². The van der Waals surface area contributed by atoms with Gasteiger partial charge in [-0.3, -0.25) is 4.55 Å². The molecular formula is C40H50CaO10S2. The molecule has 0 aliphatic carbocycles. The second kappa shape index (κ2) is 23.8. The monoisotopic (exact) mass is 794 g/mol. The van der Waals surface area contributed by atoms with Gasteiger partial charge in [-0.05, 0) is 67.1 Å². The van der Waals surface area contributed by atoms with Gasteiger partial charge in [-0.2, -0.15) is 8.42 Å². The van der Waals surface area contributed by atoms with Gasteiger partial charge in [0.05, 0.1) is 4.90 Å². The van der Waals surface area contributed by atoms with Crippen molar-refractivity contribution in [2.45, 2.75) is 114 Å². The number of hydrogen-bond donors (Lipinski definition) is 2. The van der Waals surface area contributed by atoms with Gasteiger partial charge in [-0.1, -0.05) is 138 Å². The quantitative estimate of drug-likeness (QED) is 0.0499. The third kappa shape index (κ3) is 15.8. The van der Waals surface area contributed by atoms with Crippen LogP contribution < -0.4 is 14.6 Å². The van der Waals surface area contributed by atoms with E-state index in [4.69, 9.17) is 9.47 Å². The van der Waals surface area contributed by atoms with Gasteiger partial charge >= 0.3 is 37.7 Å². The van der Waals surface area contributed by atoms with E-state index in [0.29, 0.717) is 11.5 Å². The standard InChI is InChI=1S/2C20H26O5S.Ca/c2*1-2-3-4-5-6-7-11-16-12-8-9-14-18(16)25-20-17(21)13-10-15-19(20)26(22,23)24;/h2*8-10,12-15,21H,2-7,11H2,1H3,(H,22,23,24);/q;;+2/p-2. The molecule has 4 aromatic carbocycles. The fraction of sp³-hybridized carbons (Fsp3) is 0.400. The predicted molar refractivity (Wildman–Crippen MR) is 205 cm³/mol. The van der Waals surface area contributed by atoms with Crippen LogP contribution in [-0.2, 0) is 33.1 Å². The summed E-state index contributed by atoms with van der Waals surface area (Å²) in [6.45, 7) is 4.37. The minimum absolute atomic E-state index is 0. The molecule has 0 amide bonds. The summed E-state index contributed by atoms with van der Waals surface area (Å²) in [5, 5.41) is 22.0. The van der Waals surface area contributed by atoms with Crippen LogP contribution in [-0.4, -0.2) is 68.8 Å². The molecule has 0 aliphatic heterocycles. The van der Waals surface area contributed by atoms with E-state index >= 15 is 0 Å². The number of aryl methyl sites for hydroxylation is 2. The van der Waals surface area contributed by atoms with Crippen molar-refractivity contribution in [2.75, 3.05) is 0 Å². The van der Waals surface area contributed by atoms with E-state index < -0.39 is 41.5 Å². The summed E-state index contributed by atoms with van der Waals surface area (Å²) in [6.07, 6.45) is 15.6. The molecule has 0 radical (unpaired) electrons. The zero-order chi connectivity index (χ0) is 38.0. The van der Waals surface area contributed by atoms with Crippen LogP contribution in [0.1, 0.15) is 102 Å². The molecule has 13 heteroatoms. The third-order valence-electron chi connectivity index (χ3n) is 8.42. The molecular weight excluding hydrogens is 745 g/mol. The van der Waals surface area contributed by atoms with Crippen molar-refractivity contribution in [3.63, 3.8) is 0 Å². The maximum absolute atomic E-state index is 12.0. The van der Waals surface area contributed by atoms with Gasteiger partial charge in [0.15, 0.2) is 11.5 Å². The Balaban J connectivity index is 0.000000360. The van der Waals surface area contributed by atoms with Crippen LogP contribution in [0.2, 0.25) is 0 Å². The van der Waals surface area contributed by atoms with E-state index in [0.717, 1.165) is 55.7 Å². The Morgan fingerprint density at radius 2 is 1.00 bits per heavy atom. The molecule has 0 saturated heterocycles. The molecule has 0 bridgehead atoms. The van der Waals surface area contributed by atoms with Gasteiger partial charge in [0.1, 0.15) is 32.3 Å². The van der Waals surface area contributed by atoms with Gasteiger partial charge in [0.2, 0.25) is 0 Å². The van der Waals surface area contributed by atoms with Crippen LogP contribution in [0.3, 0.4) is 0 Å². The predicted octanol–water partition coefficient (Wildman–Crippen LogP) is 9.31. The maximum atomic E-state index is 12.0. The molecule has 0 fully saturated rings. The smallest absolute Gasteiger partial charge is 0.870 e. The number of ether oxygens (including phenoxy) is 2. The topological polar surface area (TPSA) is 173 Å². The molecule has 284 valence electrons. The first-order chi connectivity index (χ1) is 24.9. The first kappa shape index (κ1) is 46.3. The van der Waals surface area contributed by atoms with E-state index in [1.165, 1.54) is 81.7 Å². The van der Waals surface area contributed by atoms with E-state index in [1.54, 1.807) is 24.3 Å². The molecule has 0 saturated carbocycles. The molecule has 0 heterocycles. The number of benzene rings is 4. The average molecular weight is 795 g/mol. The number of hydrogen-bond acceptors (Lipinski definition) is 9. The molecule has 53 heavy (non-hydrogen) atoms. The molecule has 10 nitrogen and oxygen atoms in total. The zero-order valence-corrected chi connectivity index (χ0v) is 34.5. The van der Waals surface area contributed by atoms with Crippen molar-refractivity contribution in [1.29, 1.82) is 0 Å². The zero-order valence-electron chi connectivity index (χ0n) is 30.7. The molecule has 0 atom stereocenters. The normalized spacial score (nSPS) is 11.2. The first-order valence-corrected chi connectivity index (χ1v) is 20.8. The van der Waals surface area contributed by atoms with Crippen molar-refractivity contribution < 1.29 is 45.6 Å². The summed E-state index contributed by atoms with van der Waals surface area (Å²) >= 11 is 0. The van der Waals surface area contributed by atoms with Gasteiger partial charge in [-0.25, -0.2) is 8.42 Å². The Morgan fingerprint density at radius 1 is 0.566 bits per heavy atom. The number of unbranched alkanes of at least 4 members (excludes halogenated alkanes) is 10. The van der Waals surface area contributed by atoms with Crippen molar-refractivity contribution in [3.8, 4) is 34.5 Å². The molecule has 0 unspecified atom stereocenters. The Hall–Kier alpha value is -2.84. The Bertz CT molecular complexity index is 1780. The Kier molecular flexibility index (Phi) is 20.8. The number of rotatable bonds is 20. The molecule has 2 N–H and O–H groups in total. The number of aromatic hydroxyl groups is 1. The Labute approximate surface area is 345 Å². The van der Waals surface area contributed by atoms with Gasteiger partial charge in [0, 0.05) is 0 Å². The van der Waals surface area contributed by atoms with E-state index in [-0.39, 0.29) is 49.2 Å². The van der Waals surface area contributed by atoms with Crippen LogP contribution in [0.15, 0.2) is 94.7 Å². The third-order valence-corrected chi connectivity index (χ3v) is 10.2. The molecule has 4 rings (SSSR count). The molecule has 0 spiro atoms. The van der Waals surface area contributed by atoms with E-state index in [9.17, 15) is 36.2 Å². The molecule has 0 aromatic heterocycles. The average Bonchev–Trinajstić information content (AvgIpc) is 3.10. The fourth-order valence-electron chi connectivity index (χ4n) is 5.63. The van der Waals surface area contributed by atoms with Crippen molar-refractivity contribution >= 4 is 58.0 Å². The van der Waals surface area contributed by atoms with Crippen molar-refractivity contribution in [1.82, 2.24) is 0 Å². The van der Waals surface area contributed by atoms with Crippen molar-refractivity contribution in [2.24, 2.45) is 0 Å². The SMILES string of the molecule is CCCCCCCCc1ccccc1Oc1c(O)cccc1S(=O)(=O)O.CCCCCCCCc1ccccc1Oc1c([O-])cccc1S(=O)(=O)[O-].[Ca+2]. The van der Waals surface area contributed by atoms with Gasteiger partial charge < -0.3 is 24.2 Å². The van der Waals surface area contributed by atoms with E-state index in [2.05, 4.69) is 13.8 Å². The minimum atomic E-state index is -4.79. The second-order valence-electron chi connectivity index (χ2n) is 12.6. The van der Waals surface area contributed by atoms with Gasteiger partial charge in [0.25, 0.3) is 10.1 Å². The van der Waals surface area contributed by atoms with Crippen LogP contribution in [0.25, 0.3) is 0 Å².